The summed E-state index contributed by atoms with van der Waals surface area (Å²) in [5.41, 5.74) is 12.0. The van der Waals surface area contributed by atoms with E-state index in [0.29, 0.717) is 17.5 Å². The molecule has 1 aromatic carbocycles. The van der Waals surface area contributed by atoms with Crippen molar-refractivity contribution in [1.29, 1.82) is 0 Å². The monoisotopic (exact) mass is 356 g/mol. The second-order valence-electron chi connectivity index (χ2n) is 5.00. The van der Waals surface area contributed by atoms with E-state index in [9.17, 15) is 0 Å². The van der Waals surface area contributed by atoms with Crippen LogP contribution in [0.1, 0.15) is 13.8 Å². The lowest BCUT2D eigenvalue weighted by molar-refractivity contribution is -0.527. The Kier molecular flexibility index (Phi) is 3.99. The van der Waals surface area contributed by atoms with Crippen LogP contribution >= 0.6 is 15.9 Å². The number of guanidine groups is 2. The number of methoxy groups -OCH3 is 2. The Morgan fingerprint density at radius 2 is 1.90 bits per heavy atom. The first-order valence-corrected chi connectivity index (χ1v) is 7.06. The fourth-order valence-corrected chi connectivity index (χ4v) is 2.93. The molecule has 7 nitrogen and oxygen atoms in total. The highest BCUT2D eigenvalue weighted by Gasteiger charge is 2.35. The molecule has 0 bridgehead atoms. The van der Waals surface area contributed by atoms with Crippen LogP contribution in [0.5, 0.6) is 11.5 Å². The quantitative estimate of drug-likeness (QED) is 0.704. The van der Waals surface area contributed by atoms with E-state index >= 15 is 0 Å². The number of nitrogens with two attached hydrogens (primary N) is 2. The molecule has 1 heterocycles. The van der Waals surface area contributed by atoms with Crippen molar-refractivity contribution in [3.63, 3.8) is 0 Å². The van der Waals surface area contributed by atoms with Crippen molar-refractivity contribution in [2.75, 3.05) is 14.2 Å². The van der Waals surface area contributed by atoms with Crippen LogP contribution in [0.3, 0.4) is 0 Å². The number of halogens is 1. The Labute approximate surface area is 131 Å². The standard InChI is InChI=1S/C13H18BrN5O2/c1-13(2)18-11(15)17-12(16)19(13)7-5-8(14)10(21-4)9(6-7)20-3/h5-6H,1-4H3,(H4,15,16,17,18)/p+1. The molecule has 0 radical (unpaired) electrons. The van der Waals surface area contributed by atoms with Crippen LogP contribution in [0, 0.1) is 0 Å². The summed E-state index contributed by atoms with van der Waals surface area (Å²) in [4.78, 5) is 4.37. The van der Waals surface area contributed by atoms with E-state index in [1.165, 1.54) is 0 Å². The Bertz CT molecular complexity index is 640. The van der Waals surface area contributed by atoms with Crippen LogP contribution in [-0.2, 0) is 0 Å². The number of benzene rings is 1. The molecule has 0 saturated heterocycles. The number of nitrogens with one attached hydrogen (secondary N) is 1. The Morgan fingerprint density at radius 1 is 1.24 bits per heavy atom. The van der Waals surface area contributed by atoms with Crippen molar-refractivity contribution in [3.05, 3.63) is 16.6 Å². The van der Waals surface area contributed by atoms with Gasteiger partial charge in [-0.25, -0.2) is 9.89 Å². The predicted octanol–water partition coefficient (Wildman–Crippen LogP) is 1.08. The van der Waals surface area contributed by atoms with Crippen LogP contribution in [0.15, 0.2) is 21.6 Å². The maximum atomic E-state index is 6.07. The summed E-state index contributed by atoms with van der Waals surface area (Å²) >= 11 is 3.47. The van der Waals surface area contributed by atoms with Gasteiger partial charge in [0.25, 0.3) is 5.96 Å². The Hall–Kier alpha value is -1.96. The van der Waals surface area contributed by atoms with Crippen LogP contribution in [0.4, 0.5) is 5.69 Å². The highest BCUT2D eigenvalue weighted by molar-refractivity contribution is 9.10. The normalized spacial score (nSPS) is 17.1. The third-order valence-corrected chi connectivity index (χ3v) is 3.70. The number of hydrogen-bond acceptors (Lipinski definition) is 6. The summed E-state index contributed by atoms with van der Waals surface area (Å²) in [6.45, 7) is 3.83. The van der Waals surface area contributed by atoms with E-state index in [-0.39, 0.29) is 5.96 Å². The molecule has 1 aromatic rings. The SMILES string of the molecule is COc1cc([N+]2=C(N)NC(N)=NC2(C)C)cc(Br)c1OC. The lowest BCUT2D eigenvalue weighted by atomic mass is 10.1. The smallest absolute Gasteiger partial charge is 0.357 e. The summed E-state index contributed by atoms with van der Waals surface area (Å²) in [7, 11) is 3.16. The minimum Gasteiger partial charge on any atom is -0.493 e. The number of ether oxygens (including phenoxy) is 2. The number of nitrogens with zero attached hydrogens (tertiary/aromatic N) is 2. The molecule has 1 aliphatic heterocycles. The van der Waals surface area contributed by atoms with Gasteiger partial charge in [0.05, 0.1) is 18.7 Å². The molecule has 8 heteroatoms. The maximum Gasteiger partial charge on any atom is 0.357 e. The first kappa shape index (κ1) is 15.4. The molecule has 0 amide bonds. The van der Waals surface area contributed by atoms with E-state index in [2.05, 4.69) is 26.2 Å². The van der Waals surface area contributed by atoms with Crippen LogP contribution in [0.25, 0.3) is 0 Å². The highest BCUT2D eigenvalue weighted by atomic mass is 79.9. The van der Waals surface area contributed by atoms with E-state index in [1.807, 2.05) is 30.6 Å². The molecule has 0 unspecified atom stereocenters. The fourth-order valence-electron chi connectivity index (χ4n) is 2.34. The fraction of sp³-hybridized carbons (Fsp3) is 0.385. The van der Waals surface area contributed by atoms with E-state index in [0.717, 1.165) is 10.2 Å². The molecule has 5 N–H and O–H groups in total. The lowest BCUT2D eigenvalue weighted by Crippen LogP contribution is -2.55. The average Bonchev–Trinajstić information content (AvgIpc) is 2.35. The summed E-state index contributed by atoms with van der Waals surface area (Å²) in [6, 6.07) is 3.71. The minimum atomic E-state index is -0.627. The third kappa shape index (κ3) is 2.76. The number of aliphatic imine (C=N–C) groups is 1. The summed E-state index contributed by atoms with van der Waals surface area (Å²) in [5, 5.41) is 2.83. The van der Waals surface area contributed by atoms with Crippen LogP contribution < -0.4 is 26.3 Å². The molecule has 0 fully saturated rings. The largest absolute Gasteiger partial charge is 0.493 e. The van der Waals surface area contributed by atoms with E-state index in [1.54, 1.807) is 14.2 Å². The molecular formula is C13H19BrN5O2+. The van der Waals surface area contributed by atoms with Crippen molar-refractivity contribution in [3.8, 4) is 11.5 Å². The second kappa shape index (κ2) is 5.44. The van der Waals surface area contributed by atoms with Crippen molar-refractivity contribution in [2.45, 2.75) is 19.5 Å². The summed E-state index contributed by atoms with van der Waals surface area (Å²) in [5.74, 6) is 1.89. The minimum absolute atomic E-state index is 0.285. The molecule has 0 aliphatic carbocycles. The summed E-state index contributed by atoms with van der Waals surface area (Å²) in [6.07, 6.45) is 0. The van der Waals surface area contributed by atoms with Gasteiger partial charge in [-0.15, -0.1) is 0 Å². The molecule has 21 heavy (non-hydrogen) atoms. The zero-order chi connectivity index (χ0) is 15.8. The first-order chi connectivity index (χ1) is 9.80. The van der Waals surface area contributed by atoms with Gasteiger partial charge in [0.2, 0.25) is 0 Å². The van der Waals surface area contributed by atoms with Gasteiger partial charge in [0.1, 0.15) is 5.69 Å². The molecule has 114 valence electrons. The van der Waals surface area contributed by atoms with Gasteiger partial charge in [-0.2, -0.15) is 4.99 Å². The van der Waals surface area contributed by atoms with Gasteiger partial charge in [-0.05, 0) is 35.8 Å². The van der Waals surface area contributed by atoms with Crippen LogP contribution in [0.2, 0.25) is 0 Å². The third-order valence-electron chi connectivity index (χ3n) is 3.11. The first-order valence-electron chi connectivity index (χ1n) is 6.26. The van der Waals surface area contributed by atoms with Crippen molar-refractivity contribution in [2.24, 2.45) is 16.5 Å². The zero-order valence-electron chi connectivity index (χ0n) is 12.4. The summed E-state index contributed by atoms with van der Waals surface area (Å²) < 4.78 is 13.3. The average molecular weight is 357 g/mol. The van der Waals surface area contributed by atoms with Gasteiger partial charge < -0.3 is 15.2 Å². The number of rotatable bonds is 3. The topological polar surface area (TPSA) is 97.9 Å². The molecule has 0 atom stereocenters. The molecule has 0 saturated carbocycles. The van der Waals surface area contributed by atoms with Crippen molar-refractivity contribution in [1.82, 2.24) is 5.32 Å². The van der Waals surface area contributed by atoms with Crippen LogP contribution in [-0.4, -0.2) is 36.4 Å². The second-order valence-corrected chi connectivity index (χ2v) is 5.85. The van der Waals surface area contributed by atoms with Gasteiger partial charge in [0.15, 0.2) is 17.2 Å². The van der Waals surface area contributed by atoms with Crippen molar-refractivity contribution >= 4 is 33.5 Å². The zero-order valence-corrected chi connectivity index (χ0v) is 14.0. The van der Waals surface area contributed by atoms with Gasteiger partial charge in [-0.3, -0.25) is 5.73 Å². The molecule has 0 aromatic heterocycles. The maximum absolute atomic E-state index is 6.07. The lowest BCUT2D eigenvalue weighted by Gasteiger charge is -2.28. The van der Waals surface area contributed by atoms with Gasteiger partial charge >= 0.3 is 5.96 Å². The van der Waals surface area contributed by atoms with Crippen molar-refractivity contribution < 1.29 is 14.0 Å². The number of hydrogen-bond donors (Lipinski definition) is 3. The Balaban J connectivity index is 2.62. The van der Waals surface area contributed by atoms with Gasteiger partial charge in [-0.1, -0.05) is 0 Å². The molecule has 0 spiro atoms. The molecule has 2 rings (SSSR count). The van der Waals surface area contributed by atoms with E-state index < -0.39 is 5.66 Å². The predicted molar refractivity (Wildman–Crippen MR) is 85.2 cm³/mol. The highest BCUT2D eigenvalue weighted by Crippen LogP contribution is 2.40. The molecular weight excluding hydrogens is 338 g/mol. The Morgan fingerprint density at radius 3 is 2.43 bits per heavy atom. The molecule has 1 aliphatic rings. The van der Waals surface area contributed by atoms with Gasteiger partial charge in [0, 0.05) is 6.07 Å². The van der Waals surface area contributed by atoms with E-state index in [4.69, 9.17) is 20.9 Å².